The summed E-state index contributed by atoms with van der Waals surface area (Å²) in [6.45, 7) is 0. The Morgan fingerprint density at radius 2 is 2.38 bits per heavy atom. The van der Waals surface area contributed by atoms with Gasteiger partial charge in [-0.1, -0.05) is 0 Å². The summed E-state index contributed by atoms with van der Waals surface area (Å²) < 4.78 is 0. The summed E-state index contributed by atoms with van der Waals surface area (Å²) in [4.78, 5) is 9.77. The van der Waals surface area contributed by atoms with Gasteiger partial charge in [-0.05, 0) is 0 Å². The predicted octanol–water partition coefficient (Wildman–Crippen LogP) is 0.440. The Labute approximate surface area is 58.3 Å². The van der Waals surface area contributed by atoms with Gasteiger partial charge >= 0.3 is 6.09 Å². The van der Waals surface area contributed by atoms with E-state index in [1.807, 2.05) is 0 Å². The van der Waals surface area contributed by atoms with Crippen molar-refractivity contribution >= 4 is 31.4 Å². The Hall–Kier alpha value is -0.0300. The van der Waals surface area contributed by atoms with E-state index < -0.39 is 6.09 Å². The van der Waals surface area contributed by atoms with Crippen LogP contribution in [0.5, 0.6) is 0 Å². The van der Waals surface area contributed by atoms with Gasteiger partial charge in [0.25, 0.3) is 0 Å². The highest BCUT2D eigenvalue weighted by molar-refractivity contribution is 7.84. The van der Waals surface area contributed by atoms with Gasteiger partial charge in [0.2, 0.25) is 0 Å². The molecule has 0 radical (unpaired) electrons. The molecule has 0 saturated carbocycles. The van der Waals surface area contributed by atoms with Crippen molar-refractivity contribution in [3.05, 3.63) is 0 Å². The van der Waals surface area contributed by atoms with Gasteiger partial charge in [0, 0.05) is 5.75 Å². The van der Waals surface area contributed by atoms with E-state index in [1.165, 1.54) is 0 Å². The van der Waals surface area contributed by atoms with Crippen LogP contribution in [0.3, 0.4) is 0 Å². The fraction of sp³-hybridized carbons (Fsp3) is 0.667. The fourth-order valence-corrected chi connectivity index (χ4v) is 0.390. The molecule has 0 aromatic carbocycles. The van der Waals surface area contributed by atoms with E-state index >= 15 is 0 Å². The summed E-state index contributed by atoms with van der Waals surface area (Å²) in [5.41, 5.74) is 0. The molecule has 0 saturated heterocycles. The van der Waals surface area contributed by atoms with Crippen LogP contribution in [0.2, 0.25) is 0 Å². The first-order valence-electron chi connectivity index (χ1n) is 1.95. The van der Waals surface area contributed by atoms with Crippen molar-refractivity contribution in [3.8, 4) is 0 Å². The first-order valence-corrected chi connectivity index (χ1v) is 3.10. The lowest BCUT2D eigenvalue weighted by molar-refractivity contribution is 0.194. The molecule has 3 nitrogen and oxygen atoms in total. The molecule has 0 fully saturated rings. The van der Waals surface area contributed by atoms with Crippen LogP contribution in [-0.2, 0) is 0 Å². The molecule has 2 N–H and O–H groups in total. The first-order chi connectivity index (χ1) is 3.66. The zero-order valence-corrected chi connectivity index (χ0v) is 5.82. The number of hydrogen-bond donors (Lipinski definition) is 4. The van der Waals surface area contributed by atoms with Crippen LogP contribution in [0.4, 0.5) is 4.79 Å². The highest BCUT2D eigenvalue weighted by atomic mass is 32.1. The Morgan fingerprint density at radius 1 is 1.88 bits per heavy atom. The minimum atomic E-state index is -1.07. The molecule has 0 aromatic rings. The maximum atomic E-state index is 9.77. The first kappa shape index (κ1) is 7.97. The minimum absolute atomic E-state index is 0.365. The Kier molecular flexibility index (Phi) is 3.90. The van der Waals surface area contributed by atoms with Crippen LogP contribution in [-0.4, -0.2) is 22.3 Å². The van der Waals surface area contributed by atoms with Crippen LogP contribution in [0, 0.1) is 0 Å². The van der Waals surface area contributed by atoms with Crippen molar-refractivity contribution in [2.75, 3.05) is 5.75 Å². The topological polar surface area (TPSA) is 49.3 Å². The largest absolute Gasteiger partial charge is 0.465 e. The lowest BCUT2D eigenvalue weighted by atomic mass is 10.7. The van der Waals surface area contributed by atoms with Crippen molar-refractivity contribution in [3.63, 3.8) is 0 Å². The smallest absolute Gasteiger partial charge is 0.405 e. The average Bonchev–Trinajstić information content (AvgIpc) is 1.65. The van der Waals surface area contributed by atoms with Gasteiger partial charge in [-0.25, -0.2) is 4.79 Å². The Bertz CT molecular complexity index is 87.4. The lowest BCUT2D eigenvalue weighted by Crippen LogP contribution is -2.30. The Balaban J connectivity index is 3.24. The second kappa shape index (κ2) is 3.91. The predicted molar refractivity (Wildman–Crippen MR) is 37.8 cm³/mol. The van der Waals surface area contributed by atoms with Gasteiger partial charge in [0.05, 0.1) is 5.37 Å². The minimum Gasteiger partial charge on any atom is -0.465 e. The second-order valence-electron chi connectivity index (χ2n) is 1.15. The molecule has 0 aromatic heterocycles. The normalized spacial score (nSPS) is 12.8. The number of carbonyl (C=O) groups is 1. The number of carboxylic acid groups (broad SMARTS) is 1. The molecule has 1 atom stereocenters. The van der Waals surface area contributed by atoms with Crippen LogP contribution in [0.25, 0.3) is 0 Å². The third-order valence-corrected chi connectivity index (χ3v) is 1.43. The van der Waals surface area contributed by atoms with E-state index in [1.54, 1.807) is 0 Å². The zero-order valence-electron chi connectivity index (χ0n) is 4.03. The third kappa shape index (κ3) is 4.14. The molecule has 8 heavy (non-hydrogen) atoms. The monoisotopic (exact) mass is 153 g/mol. The molecule has 0 aliphatic rings. The lowest BCUT2D eigenvalue weighted by Gasteiger charge is -2.04. The molecular formula is C3H7NO2S2. The zero-order chi connectivity index (χ0) is 6.57. The van der Waals surface area contributed by atoms with Crippen molar-refractivity contribution < 1.29 is 9.90 Å². The summed E-state index contributed by atoms with van der Waals surface area (Å²) in [5, 5.41) is 9.75. The van der Waals surface area contributed by atoms with E-state index in [2.05, 4.69) is 30.6 Å². The van der Waals surface area contributed by atoms with Crippen LogP contribution in [0.1, 0.15) is 0 Å². The van der Waals surface area contributed by atoms with E-state index in [4.69, 9.17) is 5.11 Å². The quantitative estimate of drug-likeness (QED) is 0.344. The molecular weight excluding hydrogens is 146 g/mol. The van der Waals surface area contributed by atoms with Crippen molar-refractivity contribution in [1.29, 1.82) is 0 Å². The maximum Gasteiger partial charge on any atom is 0.405 e. The standard InChI is InChI=1S/C3H7NO2S2/c5-3(6)4-2(8)1-7/h2,4,7-8H,1H2,(H,5,6). The number of hydrogen-bond acceptors (Lipinski definition) is 3. The highest BCUT2D eigenvalue weighted by Crippen LogP contribution is 1.90. The van der Waals surface area contributed by atoms with Crippen LogP contribution in [0.15, 0.2) is 0 Å². The molecule has 48 valence electrons. The molecule has 5 heteroatoms. The third-order valence-electron chi connectivity index (χ3n) is 0.463. The summed E-state index contributed by atoms with van der Waals surface area (Å²) in [6, 6.07) is 0. The molecule has 1 unspecified atom stereocenters. The number of amides is 1. The van der Waals surface area contributed by atoms with Crippen LogP contribution < -0.4 is 5.32 Å². The maximum absolute atomic E-state index is 9.77. The van der Waals surface area contributed by atoms with Crippen molar-refractivity contribution in [2.24, 2.45) is 0 Å². The molecule has 0 aliphatic heterocycles. The van der Waals surface area contributed by atoms with Gasteiger partial charge in [-0.3, -0.25) is 0 Å². The molecule has 0 bridgehead atoms. The van der Waals surface area contributed by atoms with Gasteiger partial charge < -0.3 is 10.4 Å². The van der Waals surface area contributed by atoms with Gasteiger partial charge in [-0.2, -0.15) is 25.3 Å². The highest BCUT2D eigenvalue weighted by Gasteiger charge is 2.00. The molecule has 1 amide bonds. The molecule has 0 heterocycles. The summed E-state index contributed by atoms with van der Waals surface area (Å²) in [6.07, 6.45) is -1.07. The van der Waals surface area contributed by atoms with Crippen molar-refractivity contribution in [1.82, 2.24) is 5.32 Å². The van der Waals surface area contributed by atoms with E-state index in [9.17, 15) is 4.79 Å². The van der Waals surface area contributed by atoms with E-state index in [-0.39, 0.29) is 5.37 Å². The van der Waals surface area contributed by atoms with Crippen LogP contribution >= 0.6 is 25.3 Å². The fourth-order valence-electron chi connectivity index (χ4n) is 0.188. The summed E-state index contributed by atoms with van der Waals surface area (Å²) in [5.74, 6) is 0.398. The number of rotatable bonds is 2. The average molecular weight is 153 g/mol. The van der Waals surface area contributed by atoms with E-state index in [0.29, 0.717) is 5.75 Å². The van der Waals surface area contributed by atoms with Gasteiger partial charge in [0.15, 0.2) is 0 Å². The summed E-state index contributed by atoms with van der Waals surface area (Å²) in [7, 11) is 0. The molecule has 0 aliphatic carbocycles. The summed E-state index contributed by atoms with van der Waals surface area (Å²) >= 11 is 7.59. The number of nitrogens with one attached hydrogen (secondary N) is 1. The number of thiol groups is 2. The molecule has 0 rings (SSSR count). The van der Waals surface area contributed by atoms with Crippen molar-refractivity contribution in [2.45, 2.75) is 5.37 Å². The van der Waals surface area contributed by atoms with Gasteiger partial charge in [-0.15, -0.1) is 0 Å². The second-order valence-corrected chi connectivity index (χ2v) is 2.14. The SMILES string of the molecule is O=C(O)NC(S)CS. The molecule has 0 spiro atoms. The van der Waals surface area contributed by atoms with E-state index in [0.717, 1.165) is 0 Å². The van der Waals surface area contributed by atoms with Gasteiger partial charge in [0.1, 0.15) is 0 Å². The Morgan fingerprint density at radius 3 is 2.50 bits per heavy atom.